The Hall–Kier alpha value is -2.05. The highest BCUT2D eigenvalue weighted by molar-refractivity contribution is 6.06. The third-order valence-corrected chi connectivity index (χ3v) is 5.55. The van der Waals surface area contributed by atoms with Gasteiger partial charge in [0.15, 0.2) is 0 Å². The lowest BCUT2D eigenvalue weighted by Crippen LogP contribution is -2.36. The van der Waals surface area contributed by atoms with E-state index in [2.05, 4.69) is 4.90 Å². The second kappa shape index (κ2) is 9.43. The minimum atomic E-state index is -0.532. The lowest BCUT2D eigenvalue weighted by atomic mass is 10.1. The van der Waals surface area contributed by atoms with Crippen LogP contribution in [0.1, 0.15) is 48.7 Å². The summed E-state index contributed by atoms with van der Waals surface area (Å²) in [4.78, 5) is 14.7. The number of hydrogen-bond acceptors (Lipinski definition) is 5. The topological polar surface area (TPSA) is 63.9 Å². The summed E-state index contributed by atoms with van der Waals surface area (Å²) >= 11 is 0. The number of aryl methyl sites for hydroxylation is 1. The number of carbonyl (C=O) groups is 1. The van der Waals surface area contributed by atoms with E-state index in [9.17, 15) is 9.90 Å². The first-order valence-electron chi connectivity index (χ1n) is 10.3. The molecule has 2 heterocycles. The number of carbonyl (C=O) groups excluding carboxylic acids is 1. The van der Waals surface area contributed by atoms with Gasteiger partial charge in [0.1, 0.15) is 18.5 Å². The summed E-state index contributed by atoms with van der Waals surface area (Å²) in [5, 5.41) is 11.2. The number of nitrogens with zero attached hydrogens (tertiary/aromatic N) is 2. The standard InChI is InChI=1S/C22H32N2O4/c1-4-27-22(26)21-16(2)23(3)20-10-9-18(13-19(20)21)28-15-17(25)14-24-11-7-5-6-8-12-24/h9-10,13,17,25H,4-8,11-12,14-15H2,1-3H3/t17-/m0/s1. The Morgan fingerprint density at radius 3 is 2.61 bits per heavy atom. The van der Waals surface area contributed by atoms with E-state index in [4.69, 9.17) is 9.47 Å². The van der Waals surface area contributed by atoms with E-state index in [0.717, 1.165) is 29.7 Å². The summed E-state index contributed by atoms with van der Waals surface area (Å²) in [5.74, 6) is 0.336. The number of fused-ring (bicyclic) bond motifs is 1. The molecule has 0 saturated carbocycles. The van der Waals surface area contributed by atoms with Crippen LogP contribution in [0.2, 0.25) is 0 Å². The number of ether oxygens (including phenoxy) is 2. The largest absolute Gasteiger partial charge is 0.491 e. The van der Waals surface area contributed by atoms with Gasteiger partial charge in [0.2, 0.25) is 0 Å². The van der Waals surface area contributed by atoms with Gasteiger partial charge in [0.25, 0.3) is 0 Å². The van der Waals surface area contributed by atoms with Crippen molar-refractivity contribution in [1.82, 2.24) is 9.47 Å². The van der Waals surface area contributed by atoms with Crippen molar-refractivity contribution in [3.8, 4) is 5.75 Å². The smallest absolute Gasteiger partial charge is 0.340 e. The molecule has 0 bridgehead atoms. The molecule has 1 fully saturated rings. The van der Waals surface area contributed by atoms with E-state index >= 15 is 0 Å². The second-order valence-electron chi connectivity index (χ2n) is 7.60. The molecular weight excluding hydrogens is 356 g/mol. The van der Waals surface area contributed by atoms with Crippen LogP contribution < -0.4 is 4.74 Å². The molecule has 1 N–H and O–H groups in total. The van der Waals surface area contributed by atoms with Crippen molar-refractivity contribution in [2.24, 2.45) is 7.05 Å². The number of aromatic nitrogens is 1. The van der Waals surface area contributed by atoms with Crippen LogP contribution in [0.3, 0.4) is 0 Å². The third-order valence-electron chi connectivity index (χ3n) is 5.55. The number of esters is 1. The molecule has 0 amide bonds. The Kier molecular flexibility index (Phi) is 6.97. The Morgan fingerprint density at radius 2 is 1.93 bits per heavy atom. The molecule has 0 spiro atoms. The average molecular weight is 389 g/mol. The van der Waals surface area contributed by atoms with Gasteiger partial charge in [-0.3, -0.25) is 0 Å². The molecule has 1 aromatic carbocycles. The summed E-state index contributed by atoms with van der Waals surface area (Å²) in [7, 11) is 1.94. The van der Waals surface area contributed by atoms with Crippen LogP contribution in [-0.2, 0) is 11.8 Å². The summed E-state index contributed by atoms with van der Waals surface area (Å²) in [6.07, 6.45) is 4.43. The zero-order chi connectivity index (χ0) is 20.1. The molecule has 1 aliphatic heterocycles. The van der Waals surface area contributed by atoms with Crippen molar-refractivity contribution in [2.75, 3.05) is 32.8 Å². The van der Waals surface area contributed by atoms with Crippen molar-refractivity contribution in [1.29, 1.82) is 0 Å². The van der Waals surface area contributed by atoms with E-state index in [1.807, 2.05) is 36.7 Å². The normalized spacial score (nSPS) is 16.7. The fourth-order valence-electron chi connectivity index (χ4n) is 3.96. The predicted molar refractivity (Wildman–Crippen MR) is 110 cm³/mol. The van der Waals surface area contributed by atoms with Crippen LogP contribution in [0.25, 0.3) is 10.9 Å². The number of aliphatic hydroxyl groups excluding tert-OH is 1. The number of hydrogen-bond donors (Lipinski definition) is 1. The Labute approximate surface area is 167 Å². The first kappa shape index (κ1) is 20.7. The van der Waals surface area contributed by atoms with Crippen molar-refractivity contribution in [2.45, 2.75) is 45.6 Å². The molecule has 0 aliphatic carbocycles. The molecule has 1 aliphatic rings. The molecule has 0 unspecified atom stereocenters. The zero-order valence-corrected chi connectivity index (χ0v) is 17.2. The molecule has 154 valence electrons. The van der Waals surface area contributed by atoms with Crippen LogP contribution in [0.15, 0.2) is 18.2 Å². The van der Waals surface area contributed by atoms with Crippen molar-refractivity contribution < 1.29 is 19.4 Å². The van der Waals surface area contributed by atoms with Gasteiger partial charge in [-0.1, -0.05) is 12.8 Å². The molecule has 6 nitrogen and oxygen atoms in total. The maximum atomic E-state index is 12.4. The highest BCUT2D eigenvalue weighted by atomic mass is 16.5. The molecule has 2 aromatic rings. The van der Waals surface area contributed by atoms with Gasteiger partial charge >= 0.3 is 5.97 Å². The minimum absolute atomic E-state index is 0.239. The maximum absolute atomic E-state index is 12.4. The van der Waals surface area contributed by atoms with E-state index in [-0.39, 0.29) is 12.6 Å². The van der Waals surface area contributed by atoms with Crippen LogP contribution in [-0.4, -0.2) is 59.5 Å². The third kappa shape index (κ3) is 4.67. The Balaban J connectivity index is 1.69. The molecule has 1 saturated heterocycles. The van der Waals surface area contributed by atoms with Crippen LogP contribution in [0.4, 0.5) is 0 Å². The minimum Gasteiger partial charge on any atom is -0.491 e. The molecule has 1 aromatic heterocycles. The predicted octanol–water partition coefficient (Wildman–Crippen LogP) is 3.28. The summed E-state index contributed by atoms with van der Waals surface area (Å²) < 4.78 is 13.1. The maximum Gasteiger partial charge on any atom is 0.340 e. The van der Waals surface area contributed by atoms with E-state index in [0.29, 0.717) is 24.5 Å². The van der Waals surface area contributed by atoms with Gasteiger partial charge in [-0.2, -0.15) is 0 Å². The highest BCUT2D eigenvalue weighted by Gasteiger charge is 2.20. The SMILES string of the molecule is CCOC(=O)c1c(C)n(C)c2ccc(OC[C@@H](O)CN3CCCCCC3)cc12. The summed E-state index contributed by atoms with van der Waals surface area (Å²) in [6, 6.07) is 5.70. The number of β-amino-alcohol motifs (C(OH)–C–C–N with tert-alkyl or cyclic N) is 1. The van der Waals surface area contributed by atoms with Crippen molar-refractivity contribution in [3.63, 3.8) is 0 Å². The second-order valence-corrected chi connectivity index (χ2v) is 7.60. The molecule has 3 rings (SSSR count). The fraction of sp³-hybridized carbons (Fsp3) is 0.591. The van der Waals surface area contributed by atoms with Gasteiger partial charge in [-0.05, 0) is 58.0 Å². The average Bonchev–Trinajstić information content (AvgIpc) is 2.84. The Bertz CT molecular complexity index is 806. The van der Waals surface area contributed by atoms with Crippen LogP contribution in [0, 0.1) is 6.92 Å². The number of benzene rings is 1. The van der Waals surface area contributed by atoms with E-state index < -0.39 is 6.10 Å². The molecule has 0 radical (unpaired) electrons. The van der Waals surface area contributed by atoms with Gasteiger partial charge in [0, 0.05) is 30.2 Å². The number of aliphatic hydroxyl groups is 1. The summed E-state index contributed by atoms with van der Waals surface area (Å²) in [6.45, 7) is 7.04. The van der Waals surface area contributed by atoms with Gasteiger partial charge < -0.3 is 24.0 Å². The summed E-state index contributed by atoms with van der Waals surface area (Å²) in [5.41, 5.74) is 2.40. The van der Waals surface area contributed by atoms with Gasteiger partial charge in [0.05, 0.1) is 12.2 Å². The Morgan fingerprint density at radius 1 is 1.21 bits per heavy atom. The molecule has 28 heavy (non-hydrogen) atoms. The van der Waals surface area contributed by atoms with Crippen molar-refractivity contribution >= 4 is 16.9 Å². The highest BCUT2D eigenvalue weighted by Crippen LogP contribution is 2.29. The van der Waals surface area contributed by atoms with Crippen molar-refractivity contribution in [3.05, 3.63) is 29.5 Å². The molecule has 6 heteroatoms. The lowest BCUT2D eigenvalue weighted by molar-refractivity contribution is 0.0527. The van der Waals surface area contributed by atoms with E-state index in [1.165, 1.54) is 25.7 Å². The van der Waals surface area contributed by atoms with Crippen LogP contribution in [0.5, 0.6) is 5.75 Å². The molecule has 1 atom stereocenters. The number of likely N-dealkylation sites (tertiary alicyclic amines) is 1. The monoisotopic (exact) mass is 388 g/mol. The first-order valence-corrected chi connectivity index (χ1v) is 10.3. The zero-order valence-electron chi connectivity index (χ0n) is 17.2. The van der Waals surface area contributed by atoms with Gasteiger partial charge in [-0.15, -0.1) is 0 Å². The lowest BCUT2D eigenvalue weighted by Gasteiger charge is -2.23. The van der Waals surface area contributed by atoms with Crippen LogP contribution >= 0.6 is 0 Å². The van der Waals surface area contributed by atoms with Gasteiger partial charge in [-0.25, -0.2) is 4.79 Å². The molecular formula is C22H32N2O4. The quantitative estimate of drug-likeness (QED) is 0.738. The fourth-order valence-corrected chi connectivity index (χ4v) is 3.96. The van der Waals surface area contributed by atoms with E-state index in [1.54, 1.807) is 6.92 Å². The number of rotatable bonds is 7. The first-order chi connectivity index (χ1) is 13.5.